The van der Waals surface area contributed by atoms with Crippen molar-refractivity contribution in [3.05, 3.63) is 0 Å². The van der Waals surface area contributed by atoms with E-state index in [2.05, 4.69) is 17.1 Å². The summed E-state index contributed by atoms with van der Waals surface area (Å²) < 4.78 is 0. The Morgan fingerprint density at radius 1 is 0.947 bits per heavy atom. The van der Waals surface area contributed by atoms with E-state index in [1.807, 2.05) is 0 Å². The zero-order valence-electron chi connectivity index (χ0n) is 12.7. The van der Waals surface area contributed by atoms with E-state index in [1.165, 1.54) is 77.4 Å². The average Bonchev–Trinajstić information content (AvgIpc) is 3.04. The van der Waals surface area contributed by atoms with Crippen LogP contribution in [0.25, 0.3) is 0 Å². The molecule has 3 rings (SSSR count). The van der Waals surface area contributed by atoms with Gasteiger partial charge in [0.25, 0.3) is 0 Å². The second kappa shape index (κ2) is 6.58. The van der Waals surface area contributed by atoms with Crippen LogP contribution in [0.4, 0.5) is 0 Å². The second-order valence-corrected chi connectivity index (χ2v) is 7.39. The molecule has 2 aliphatic carbocycles. The zero-order valence-corrected chi connectivity index (χ0v) is 12.7. The zero-order chi connectivity index (χ0) is 13.1. The molecular formula is C17H32N2. The molecule has 0 bridgehead atoms. The Morgan fingerprint density at radius 2 is 1.74 bits per heavy atom. The van der Waals surface area contributed by atoms with Crippen LogP contribution < -0.4 is 5.32 Å². The van der Waals surface area contributed by atoms with Gasteiger partial charge in [0.1, 0.15) is 0 Å². The van der Waals surface area contributed by atoms with Crippen LogP contribution in [0.3, 0.4) is 0 Å². The van der Waals surface area contributed by atoms with Crippen LogP contribution in [0.5, 0.6) is 0 Å². The molecular weight excluding hydrogens is 232 g/mol. The van der Waals surface area contributed by atoms with Crippen molar-refractivity contribution >= 4 is 0 Å². The fraction of sp³-hybridized carbons (Fsp3) is 1.00. The predicted molar refractivity (Wildman–Crippen MR) is 81.4 cm³/mol. The Hall–Kier alpha value is -0.0800. The molecule has 0 aromatic carbocycles. The van der Waals surface area contributed by atoms with Crippen molar-refractivity contribution in [1.82, 2.24) is 10.2 Å². The third-order valence-corrected chi connectivity index (χ3v) is 5.34. The highest BCUT2D eigenvalue weighted by molar-refractivity contribution is 4.89. The first kappa shape index (κ1) is 13.9. The van der Waals surface area contributed by atoms with Crippen LogP contribution in [-0.2, 0) is 0 Å². The van der Waals surface area contributed by atoms with Crippen LogP contribution in [0, 0.1) is 11.8 Å². The van der Waals surface area contributed by atoms with E-state index in [0.29, 0.717) is 0 Å². The highest BCUT2D eigenvalue weighted by Crippen LogP contribution is 2.38. The highest BCUT2D eigenvalue weighted by Gasteiger charge is 2.32. The fourth-order valence-electron chi connectivity index (χ4n) is 4.34. The first-order chi connectivity index (χ1) is 9.33. The van der Waals surface area contributed by atoms with E-state index in [-0.39, 0.29) is 0 Å². The van der Waals surface area contributed by atoms with Crippen molar-refractivity contribution < 1.29 is 0 Å². The Morgan fingerprint density at radius 3 is 2.42 bits per heavy atom. The smallest absolute Gasteiger partial charge is 0.0200 e. The number of likely N-dealkylation sites (tertiary alicyclic amines) is 1. The van der Waals surface area contributed by atoms with Gasteiger partial charge in [-0.3, -0.25) is 0 Å². The lowest BCUT2D eigenvalue weighted by Crippen LogP contribution is -2.51. The van der Waals surface area contributed by atoms with Crippen molar-refractivity contribution in [2.75, 3.05) is 19.6 Å². The fourth-order valence-corrected chi connectivity index (χ4v) is 4.34. The Balaban J connectivity index is 1.51. The maximum atomic E-state index is 3.99. The molecule has 3 fully saturated rings. The van der Waals surface area contributed by atoms with Crippen LogP contribution in [0.1, 0.15) is 64.7 Å². The van der Waals surface area contributed by atoms with Crippen LogP contribution in [-0.4, -0.2) is 36.6 Å². The summed E-state index contributed by atoms with van der Waals surface area (Å²) in [6.07, 6.45) is 13.1. The van der Waals surface area contributed by atoms with E-state index >= 15 is 0 Å². The Labute approximate surface area is 119 Å². The van der Waals surface area contributed by atoms with Crippen LogP contribution in [0.15, 0.2) is 0 Å². The molecule has 0 aromatic heterocycles. The topological polar surface area (TPSA) is 15.3 Å². The minimum atomic E-state index is 0.784. The van der Waals surface area contributed by atoms with Gasteiger partial charge in [-0.25, -0.2) is 0 Å². The lowest BCUT2D eigenvalue weighted by Gasteiger charge is -2.39. The molecule has 0 aromatic rings. The standard InChI is InChI=1S/C17H32N2/c1-2-9-19-12-15(10-14-7-8-14)11-17(13-19)18-16-5-3-4-6-16/h14-18H,2-13H2,1H3. The lowest BCUT2D eigenvalue weighted by molar-refractivity contribution is 0.127. The molecule has 3 aliphatic rings. The summed E-state index contributed by atoms with van der Waals surface area (Å²) in [6, 6.07) is 1.63. The number of hydrogen-bond acceptors (Lipinski definition) is 2. The molecule has 110 valence electrons. The van der Waals surface area contributed by atoms with Crippen LogP contribution in [0.2, 0.25) is 0 Å². The highest BCUT2D eigenvalue weighted by atomic mass is 15.2. The molecule has 1 N–H and O–H groups in total. The van der Waals surface area contributed by atoms with Crippen molar-refractivity contribution in [3.63, 3.8) is 0 Å². The molecule has 0 spiro atoms. The normalized spacial score (nSPS) is 33.9. The first-order valence-electron chi connectivity index (χ1n) is 8.82. The molecule has 1 heterocycles. The molecule has 19 heavy (non-hydrogen) atoms. The SMILES string of the molecule is CCCN1CC(CC2CC2)CC(NC2CCCC2)C1. The van der Waals surface area contributed by atoms with Gasteiger partial charge in [-0.15, -0.1) is 0 Å². The van der Waals surface area contributed by atoms with Gasteiger partial charge < -0.3 is 10.2 Å². The second-order valence-electron chi connectivity index (χ2n) is 7.39. The van der Waals surface area contributed by atoms with E-state index in [1.54, 1.807) is 0 Å². The number of piperidine rings is 1. The van der Waals surface area contributed by atoms with Gasteiger partial charge in [-0.1, -0.05) is 32.6 Å². The van der Waals surface area contributed by atoms with Gasteiger partial charge in [-0.05, 0) is 50.5 Å². The summed E-state index contributed by atoms with van der Waals surface area (Å²) in [4.78, 5) is 2.74. The molecule has 1 saturated heterocycles. The third-order valence-electron chi connectivity index (χ3n) is 5.34. The molecule has 0 amide bonds. The molecule has 2 atom stereocenters. The van der Waals surface area contributed by atoms with Gasteiger partial charge >= 0.3 is 0 Å². The quantitative estimate of drug-likeness (QED) is 0.791. The maximum Gasteiger partial charge on any atom is 0.0200 e. The summed E-state index contributed by atoms with van der Waals surface area (Å²) in [6.45, 7) is 6.33. The van der Waals surface area contributed by atoms with E-state index in [4.69, 9.17) is 0 Å². The molecule has 2 saturated carbocycles. The average molecular weight is 264 g/mol. The van der Waals surface area contributed by atoms with Crippen molar-refractivity contribution in [2.24, 2.45) is 11.8 Å². The van der Waals surface area contributed by atoms with Gasteiger partial charge in [-0.2, -0.15) is 0 Å². The predicted octanol–water partition coefficient (Wildman–Crippen LogP) is 3.42. The number of nitrogens with one attached hydrogen (secondary N) is 1. The number of hydrogen-bond donors (Lipinski definition) is 1. The first-order valence-corrected chi connectivity index (χ1v) is 8.82. The largest absolute Gasteiger partial charge is 0.310 e. The monoisotopic (exact) mass is 264 g/mol. The summed E-state index contributed by atoms with van der Waals surface area (Å²) in [5.41, 5.74) is 0. The Bertz CT molecular complexity index is 268. The summed E-state index contributed by atoms with van der Waals surface area (Å²) in [7, 11) is 0. The summed E-state index contributed by atoms with van der Waals surface area (Å²) >= 11 is 0. The van der Waals surface area contributed by atoms with Crippen molar-refractivity contribution in [1.29, 1.82) is 0 Å². The van der Waals surface area contributed by atoms with Gasteiger partial charge in [0, 0.05) is 25.2 Å². The lowest BCUT2D eigenvalue weighted by atomic mass is 9.89. The number of rotatable bonds is 6. The molecule has 1 aliphatic heterocycles. The van der Waals surface area contributed by atoms with Crippen molar-refractivity contribution in [2.45, 2.75) is 76.8 Å². The molecule has 2 nitrogen and oxygen atoms in total. The van der Waals surface area contributed by atoms with E-state index < -0.39 is 0 Å². The molecule has 0 radical (unpaired) electrons. The van der Waals surface area contributed by atoms with Gasteiger partial charge in [0.2, 0.25) is 0 Å². The third kappa shape index (κ3) is 4.19. The van der Waals surface area contributed by atoms with E-state index in [9.17, 15) is 0 Å². The minimum absolute atomic E-state index is 0.784. The van der Waals surface area contributed by atoms with Crippen molar-refractivity contribution in [3.8, 4) is 0 Å². The van der Waals surface area contributed by atoms with Gasteiger partial charge in [0.05, 0.1) is 0 Å². The van der Waals surface area contributed by atoms with E-state index in [0.717, 1.165) is 23.9 Å². The maximum absolute atomic E-state index is 3.99. The molecule has 2 unspecified atom stereocenters. The number of nitrogens with zero attached hydrogens (tertiary/aromatic N) is 1. The van der Waals surface area contributed by atoms with Crippen LogP contribution >= 0.6 is 0 Å². The Kier molecular flexibility index (Phi) is 4.81. The minimum Gasteiger partial charge on any atom is -0.310 e. The summed E-state index contributed by atoms with van der Waals surface area (Å²) in [5, 5.41) is 3.99. The summed E-state index contributed by atoms with van der Waals surface area (Å²) in [5.74, 6) is 2.07. The molecule has 2 heteroatoms. The van der Waals surface area contributed by atoms with Gasteiger partial charge in [0.15, 0.2) is 0 Å².